The highest BCUT2D eigenvalue weighted by molar-refractivity contribution is 5.78. The number of hydrogen-bond donors (Lipinski definition) is 0. The van der Waals surface area contributed by atoms with E-state index >= 15 is 0 Å². The third-order valence-corrected chi connectivity index (χ3v) is 4.63. The van der Waals surface area contributed by atoms with Gasteiger partial charge in [0.1, 0.15) is 5.82 Å². The molecule has 1 aromatic heterocycles. The van der Waals surface area contributed by atoms with Crippen molar-refractivity contribution in [3.05, 3.63) is 58.7 Å². The first-order valence-electron chi connectivity index (χ1n) is 9.26. The summed E-state index contributed by atoms with van der Waals surface area (Å²) in [6.45, 7) is 8.80. The molecule has 138 valence electrons. The topological polar surface area (TPSA) is 49.3 Å². The predicted octanol–water partition coefficient (Wildman–Crippen LogP) is 2.96. The highest BCUT2D eigenvalue weighted by Crippen LogP contribution is 2.21. The zero-order valence-electron chi connectivity index (χ0n) is 16.2. The molecule has 2 heterocycles. The van der Waals surface area contributed by atoms with E-state index in [1.54, 1.807) is 0 Å². The van der Waals surface area contributed by atoms with Gasteiger partial charge in [-0.15, -0.1) is 0 Å². The van der Waals surface area contributed by atoms with Crippen LogP contribution in [-0.4, -0.2) is 39.3 Å². The van der Waals surface area contributed by atoms with E-state index in [-0.39, 0.29) is 5.91 Å². The fraction of sp³-hybridized carbons (Fsp3) is 0.476. The number of amides is 1. The van der Waals surface area contributed by atoms with Crippen molar-refractivity contribution in [2.75, 3.05) is 13.6 Å². The minimum Gasteiger partial charge on any atom is -0.331 e. The quantitative estimate of drug-likeness (QED) is 0.802. The summed E-state index contributed by atoms with van der Waals surface area (Å²) in [5, 5.41) is 0. The highest BCUT2D eigenvalue weighted by atomic mass is 16.2. The van der Waals surface area contributed by atoms with Crippen LogP contribution in [0, 0.1) is 12.8 Å². The number of benzene rings is 1. The molecule has 0 saturated heterocycles. The molecule has 1 aliphatic heterocycles. The van der Waals surface area contributed by atoms with E-state index in [2.05, 4.69) is 59.9 Å². The van der Waals surface area contributed by atoms with Crippen LogP contribution in [0.2, 0.25) is 0 Å². The number of carbonyl (C=O) groups excluding carboxylic acids is 1. The lowest BCUT2D eigenvalue weighted by Crippen LogP contribution is -2.35. The van der Waals surface area contributed by atoms with E-state index < -0.39 is 0 Å². The molecule has 2 aromatic rings. The molecular formula is C21H28N4O. The van der Waals surface area contributed by atoms with Gasteiger partial charge in [0.15, 0.2) is 0 Å². The lowest BCUT2D eigenvalue weighted by molar-refractivity contribution is -0.132. The first-order chi connectivity index (χ1) is 12.4. The molecule has 0 spiro atoms. The maximum absolute atomic E-state index is 12.7. The summed E-state index contributed by atoms with van der Waals surface area (Å²) in [6.07, 6.45) is 2.77. The predicted molar refractivity (Wildman–Crippen MR) is 102 cm³/mol. The summed E-state index contributed by atoms with van der Waals surface area (Å²) < 4.78 is 0. The van der Waals surface area contributed by atoms with Crippen LogP contribution in [-0.2, 0) is 30.8 Å². The van der Waals surface area contributed by atoms with Gasteiger partial charge in [-0.2, -0.15) is 0 Å². The number of hydrogen-bond acceptors (Lipinski definition) is 4. The van der Waals surface area contributed by atoms with Crippen LogP contribution in [0.15, 0.2) is 30.5 Å². The van der Waals surface area contributed by atoms with Crippen LogP contribution in [0.5, 0.6) is 0 Å². The molecular weight excluding hydrogens is 324 g/mol. The van der Waals surface area contributed by atoms with Gasteiger partial charge in [0.05, 0.1) is 18.8 Å². The van der Waals surface area contributed by atoms with Gasteiger partial charge in [-0.25, -0.2) is 9.97 Å². The van der Waals surface area contributed by atoms with Crippen molar-refractivity contribution in [3.63, 3.8) is 0 Å². The van der Waals surface area contributed by atoms with E-state index in [1.807, 2.05) is 18.1 Å². The molecule has 0 radical (unpaired) electrons. The SMILES string of the molecule is Cc1ccc(CN(C)CC(=O)N2Cc3cnc(CC(C)C)nc3C2)cc1. The number of nitrogens with zero attached hydrogens (tertiary/aromatic N) is 4. The molecule has 0 saturated carbocycles. The van der Waals surface area contributed by atoms with E-state index in [1.165, 1.54) is 11.1 Å². The fourth-order valence-electron chi connectivity index (χ4n) is 3.23. The summed E-state index contributed by atoms with van der Waals surface area (Å²) in [5.41, 5.74) is 4.55. The second kappa shape index (κ2) is 7.96. The molecule has 0 atom stereocenters. The van der Waals surface area contributed by atoms with Crippen molar-refractivity contribution in [2.45, 2.75) is 46.8 Å². The fourth-order valence-corrected chi connectivity index (χ4v) is 3.23. The van der Waals surface area contributed by atoms with Crippen LogP contribution >= 0.6 is 0 Å². The Labute approximate surface area is 156 Å². The molecule has 0 N–H and O–H groups in total. The molecule has 3 rings (SSSR count). The maximum Gasteiger partial charge on any atom is 0.237 e. The smallest absolute Gasteiger partial charge is 0.237 e. The minimum atomic E-state index is 0.142. The Morgan fingerprint density at radius 1 is 1.23 bits per heavy atom. The van der Waals surface area contributed by atoms with Crippen LogP contribution in [0.25, 0.3) is 0 Å². The Kier molecular flexibility index (Phi) is 5.67. The lowest BCUT2D eigenvalue weighted by atomic mass is 10.1. The van der Waals surface area contributed by atoms with Crippen LogP contribution in [0.1, 0.15) is 42.1 Å². The zero-order chi connectivity index (χ0) is 18.7. The monoisotopic (exact) mass is 352 g/mol. The Morgan fingerprint density at radius 3 is 2.65 bits per heavy atom. The van der Waals surface area contributed by atoms with Gasteiger partial charge in [-0.1, -0.05) is 43.7 Å². The molecule has 5 nitrogen and oxygen atoms in total. The van der Waals surface area contributed by atoms with Gasteiger partial charge in [0.2, 0.25) is 5.91 Å². The summed E-state index contributed by atoms with van der Waals surface area (Å²) in [5.74, 6) is 1.55. The maximum atomic E-state index is 12.7. The molecule has 0 fully saturated rings. The minimum absolute atomic E-state index is 0.142. The summed E-state index contributed by atoms with van der Waals surface area (Å²) in [6, 6.07) is 8.45. The second-order valence-electron chi connectivity index (χ2n) is 7.76. The Bertz CT molecular complexity index is 770. The molecule has 1 amide bonds. The summed E-state index contributed by atoms with van der Waals surface area (Å²) in [7, 11) is 1.99. The van der Waals surface area contributed by atoms with E-state index in [0.29, 0.717) is 25.6 Å². The Hall–Kier alpha value is -2.27. The first kappa shape index (κ1) is 18.5. The standard InChI is InChI=1S/C21H28N4O/c1-15(2)9-20-22-10-18-12-25(13-19(18)23-20)21(26)14-24(4)11-17-7-5-16(3)6-8-17/h5-8,10,15H,9,11-14H2,1-4H3. The Balaban J connectivity index is 1.56. The molecule has 1 aromatic carbocycles. The summed E-state index contributed by atoms with van der Waals surface area (Å²) >= 11 is 0. The largest absolute Gasteiger partial charge is 0.331 e. The highest BCUT2D eigenvalue weighted by Gasteiger charge is 2.25. The van der Waals surface area contributed by atoms with Crippen LogP contribution < -0.4 is 0 Å². The van der Waals surface area contributed by atoms with Crippen LogP contribution in [0.4, 0.5) is 0 Å². The third kappa shape index (κ3) is 4.67. The second-order valence-corrected chi connectivity index (χ2v) is 7.76. The normalized spacial score (nSPS) is 13.5. The number of fused-ring (bicyclic) bond motifs is 1. The van der Waals surface area contributed by atoms with Crippen LogP contribution in [0.3, 0.4) is 0 Å². The average Bonchev–Trinajstić information content (AvgIpc) is 3.00. The number of aromatic nitrogens is 2. The van der Waals surface area contributed by atoms with Gasteiger partial charge >= 0.3 is 0 Å². The van der Waals surface area contributed by atoms with Crippen molar-refractivity contribution in [1.29, 1.82) is 0 Å². The van der Waals surface area contributed by atoms with Gasteiger partial charge in [-0.3, -0.25) is 9.69 Å². The molecule has 0 bridgehead atoms. The molecule has 26 heavy (non-hydrogen) atoms. The van der Waals surface area contributed by atoms with Gasteiger partial charge in [0.25, 0.3) is 0 Å². The van der Waals surface area contributed by atoms with Crippen molar-refractivity contribution in [3.8, 4) is 0 Å². The average molecular weight is 352 g/mol. The lowest BCUT2D eigenvalue weighted by Gasteiger charge is -2.21. The molecule has 1 aliphatic rings. The Morgan fingerprint density at radius 2 is 1.96 bits per heavy atom. The van der Waals surface area contributed by atoms with Gasteiger partial charge < -0.3 is 4.90 Å². The third-order valence-electron chi connectivity index (χ3n) is 4.63. The van der Waals surface area contributed by atoms with Crippen molar-refractivity contribution in [2.24, 2.45) is 5.92 Å². The molecule has 5 heteroatoms. The van der Waals surface area contributed by atoms with E-state index in [9.17, 15) is 4.79 Å². The van der Waals surface area contributed by atoms with Crippen molar-refractivity contribution >= 4 is 5.91 Å². The number of carbonyl (C=O) groups is 1. The summed E-state index contributed by atoms with van der Waals surface area (Å²) in [4.78, 5) is 25.7. The first-order valence-corrected chi connectivity index (χ1v) is 9.26. The van der Waals surface area contributed by atoms with Gasteiger partial charge in [-0.05, 0) is 25.5 Å². The van der Waals surface area contributed by atoms with Crippen molar-refractivity contribution < 1.29 is 4.79 Å². The number of likely N-dealkylation sites (N-methyl/N-ethyl adjacent to an activating group) is 1. The molecule has 0 unspecified atom stereocenters. The van der Waals surface area contributed by atoms with E-state index in [0.717, 1.165) is 30.0 Å². The zero-order valence-corrected chi connectivity index (χ0v) is 16.2. The van der Waals surface area contributed by atoms with E-state index in [4.69, 9.17) is 0 Å². The van der Waals surface area contributed by atoms with Crippen molar-refractivity contribution in [1.82, 2.24) is 19.8 Å². The van der Waals surface area contributed by atoms with Gasteiger partial charge in [0, 0.05) is 31.3 Å². The number of rotatable bonds is 6. The number of aryl methyl sites for hydroxylation is 1. The molecule has 0 aliphatic carbocycles.